The van der Waals surface area contributed by atoms with Crippen molar-refractivity contribution in [3.63, 3.8) is 0 Å². The van der Waals surface area contributed by atoms with E-state index in [2.05, 4.69) is 5.32 Å². The van der Waals surface area contributed by atoms with Crippen molar-refractivity contribution in [1.29, 1.82) is 0 Å². The fourth-order valence-corrected chi connectivity index (χ4v) is 2.09. The minimum absolute atomic E-state index is 0.458. The molecule has 2 N–H and O–H groups in total. The summed E-state index contributed by atoms with van der Waals surface area (Å²) in [5.41, 5.74) is -0.191. The molecule has 1 aliphatic rings. The molecule has 1 saturated heterocycles. The van der Waals surface area contributed by atoms with Crippen LogP contribution in [0.25, 0.3) is 0 Å². The van der Waals surface area contributed by atoms with E-state index in [0.29, 0.717) is 31.8 Å². The van der Waals surface area contributed by atoms with E-state index in [1.807, 2.05) is 18.2 Å². The van der Waals surface area contributed by atoms with Crippen molar-refractivity contribution in [3.8, 4) is 5.75 Å². The molecule has 1 aromatic rings. The molecular weight excluding hydrogens is 234 g/mol. The van der Waals surface area contributed by atoms with Gasteiger partial charge in [0, 0.05) is 37.8 Å². The van der Waals surface area contributed by atoms with Gasteiger partial charge in [-0.05, 0) is 12.1 Å². The van der Waals surface area contributed by atoms with Crippen molar-refractivity contribution in [3.05, 3.63) is 24.3 Å². The molecule has 1 aromatic carbocycles. The molecule has 1 heterocycles. The lowest BCUT2D eigenvalue weighted by Crippen LogP contribution is -2.50. The molecule has 0 bridgehead atoms. The second-order valence-electron chi connectivity index (χ2n) is 4.36. The summed E-state index contributed by atoms with van der Waals surface area (Å²) in [5, 5.41) is 12.5. The lowest BCUT2D eigenvalue weighted by Gasteiger charge is -2.34. The normalized spacial score (nSPS) is 18.1. The first-order valence-electron chi connectivity index (χ1n) is 5.90. The van der Waals surface area contributed by atoms with Gasteiger partial charge in [-0.1, -0.05) is 6.07 Å². The largest absolute Gasteiger partial charge is 0.497 e. The van der Waals surface area contributed by atoms with Crippen LogP contribution in [0, 0.1) is 0 Å². The van der Waals surface area contributed by atoms with E-state index in [1.165, 1.54) is 0 Å². The highest BCUT2D eigenvalue weighted by atomic mass is 16.5. The number of hydrogen-bond donors (Lipinski definition) is 2. The van der Waals surface area contributed by atoms with Gasteiger partial charge in [-0.15, -0.1) is 0 Å². The maximum absolute atomic E-state index is 11.5. The van der Waals surface area contributed by atoms with Gasteiger partial charge < -0.3 is 19.9 Å². The minimum Gasteiger partial charge on any atom is -0.497 e. The van der Waals surface area contributed by atoms with Crippen LogP contribution >= 0.6 is 0 Å². The number of rotatable bonds is 4. The number of carbonyl (C=O) groups is 1. The summed E-state index contributed by atoms with van der Waals surface area (Å²) in [6.07, 6.45) is 0.916. The Kier molecular flexibility index (Phi) is 3.72. The molecule has 0 amide bonds. The van der Waals surface area contributed by atoms with Crippen LogP contribution in [0.5, 0.6) is 5.75 Å². The van der Waals surface area contributed by atoms with E-state index in [0.717, 1.165) is 5.69 Å². The molecule has 1 aliphatic heterocycles. The molecule has 2 rings (SSSR count). The van der Waals surface area contributed by atoms with Crippen LogP contribution in [0.2, 0.25) is 0 Å². The third kappa shape index (κ3) is 2.56. The summed E-state index contributed by atoms with van der Waals surface area (Å²) in [6.45, 7) is 0.923. The third-order valence-corrected chi connectivity index (χ3v) is 3.21. The second-order valence-corrected chi connectivity index (χ2v) is 4.36. The summed E-state index contributed by atoms with van der Waals surface area (Å²) < 4.78 is 10.4. The number of anilines is 1. The molecule has 5 heteroatoms. The van der Waals surface area contributed by atoms with Gasteiger partial charge in [-0.25, -0.2) is 4.79 Å². The number of nitrogens with one attached hydrogen (secondary N) is 1. The first kappa shape index (κ1) is 12.7. The highest BCUT2D eigenvalue weighted by Crippen LogP contribution is 2.28. The Labute approximate surface area is 106 Å². The molecule has 0 saturated carbocycles. The summed E-state index contributed by atoms with van der Waals surface area (Å²) in [4.78, 5) is 11.5. The first-order chi connectivity index (χ1) is 8.66. The molecule has 0 atom stereocenters. The molecule has 0 unspecified atom stereocenters. The Morgan fingerprint density at radius 3 is 2.78 bits per heavy atom. The number of methoxy groups -OCH3 is 1. The van der Waals surface area contributed by atoms with E-state index in [-0.39, 0.29) is 0 Å². The van der Waals surface area contributed by atoms with Crippen molar-refractivity contribution < 1.29 is 19.4 Å². The summed E-state index contributed by atoms with van der Waals surface area (Å²) >= 11 is 0. The summed E-state index contributed by atoms with van der Waals surface area (Å²) in [7, 11) is 1.58. The van der Waals surface area contributed by atoms with Crippen LogP contribution in [-0.4, -0.2) is 36.9 Å². The highest BCUT2D eigenvalue weighted by molar-refractivity contribution is 5.83. The van der Waals surface area contributed by atoms with Crippen molar-refractivity contribution in [1.82, 2.24) is 0 Å². The van der Waals surface area contributed by atoms with E-state index in [4.69, 9.17) is 9.47 Å². The minimum atomic E-state index is -0.940. The van der Waals surface area contributed by atoms with Gasteiger partial charge in [-0.2, -0.15) is 0 Å². The Morgan fingerprint density at radius 1 is 1.44 bits per heavy atom. The van der Waals surface area contributed by atoms with Crippen LogP contribution in [0.1, 0.15) is 12.8 Å². The number of carboxylic acids is 1. The Balaban J connectivity index is 2.20. The lowest BCUT2D eigenvalue weighted by atomic mass is 9.90. The molecule has 18 heavy (non-hydrogen) atoms. The predicted molar refractivity (Wildman–Crippen MR) is 67.0 cm³/mol. The zero-order chi connectivity index (χ0) is 13.0. The molecule has 0 aliphatic carbocycles. The van der Waals surface area contributed by atoms with Gasteiger partial charge in [-0.3, -0.25) is 0 Å². The molecule has 98 valence electrons. The zero-order valence-electron chi connectivity index (χ0n) is 10.3. The summed E-state index contributed by atoms with van der Waals surface area (Å²) in [5.74, 6) is -0.138. The molecule has 5 nitrogen and oxygen atoms in total. The second kappa shape index (κ2) is 5.27. The van der Waals surface area contributed by atoms with Crippen molar-refractivity contribution in [2.75, 3.05) is 25.6 Å². The van der Waals surface area contributed by atoms with Crippen LogP contribution in [0.4, 0.5) is 5.69 Å². The Bertz CT molecular complexity index is 427. The van der Waals surface area contributed by atoms with Gasteiger partial charge in [0.05, 0.1) is 7.11 Å². The van der Waals surface area contributed by atoms with Crippen LogP contribution < -0.4 is 10.1 Å². The van der Waals surface area contributed by atoms with E-state index < -0.39 is 11.5 Å². The molecule has 1 fully saturated rings. The van der Waals surface area contributed by atoms with Gasteiger partial charge in [0.1, 0.15) is 11.3 Å². The van der Waals surface area contributed by atoms with Gasteiger partial charge >= 0.3 is 5.97 Å². The van der Waals surface area contributed by atoms with Crippen LogP contribution in [0.3, 0.4) is 0 Å². The number of ether oxygens (including phenoxy) is 2. The highest BCUT2D eigenvalue weighted by Gasteiger charge is 2.40. The molecule has 0 aromatic heterocycles. The van der Waals surface area contributed by atoms with Crippen molar-refractivity contribution in [2.24, 2.45) is 0 Å². The molecule has 0 radical (unpaired) electrons. The zero-order valence-corrected chi connectivity index (χ0v) is 10.3. The lowest BCUT2D eigenvalue weighted by molar-refractivity contribution is -0.145. The fourth-order valence-electron chi connectivity index (χ4n) is 2.09. The smallest absolute Gasteiger partial charge is 0.329 e. The maximum Gasteiger partial charge on any atom is 0.329 e. The third-order valence-electron chi connectivity index (χ3n) is 3.21. The van der Waals surface area contributed by atoms with Gasteiger partial charge in [0.2, 0.25) is 0 Å². The van der Waals surface area contributed by atoms with E-state index >= 15 is 0 Å². The van der Waals surface area contributed by atoms with Crippen molar-refractivity contribution >= 4 is 11.7 Å². The first-order valence-corrected chi connectivity index (χ1v) is 5.90. The quantitative estimate of drug-likeness (QED) is 0.853. The van der Waals surface area contributed by atoms with Crippen LogP contribution in [0.15, 0.2) is 24.3 Å². The Hall–Kier alpha value is -1.75. The number of hydrogen-bond acceptors (Lipinski definition) is 4. The number of aliphatic carboxylic acids is 1. The van der Waals surface area contributed by atoms with Crippen molar-refractivity contribution in [2.45, 2.75) is 18.4 Å². The monoisotopic (exact) mass is 251 g/mol. The molecular formula is C13H17NO4. The van der Waals surface area contributed by atoms with E-state index in [1.54, 1.807) is 13.2 Å². The maximum atomic E-state index is 11.5. The number of benzene rings is 1. The average Bonchev–Trinajstić information content (AvgIpc) is 2.40. The molecule has 0 spiro atoms. The van der Waals surface area contributed by atoms with Crippen LogP contribution in [-0.2, 0) is 9.53 Å². The number of carboxylic acid groups (broad SMARTS) is 1. The SMILES string of the molecule is COc1cccc(NC2(C(=O)O)CCOCC2)c1. The summed E-state index contributed by atoms with van der Waals surface area (Å²) in [6, 6.07) is 7.28. The van der Waals surface area contributed by atoms with E-state index in [9.17, 15) is 9.90 Å². The average molecular weight is 251 g/mol. The topological polar surface area (TPSA) is 67.8 Å². The predicted octanol–water partition coefficient (Wildman–Crippen LogP) is 1.74. The van der Waals surface area contributed by atoms with Gasteiger partial charge in [0.15, 0.2) is 0 Å². The standard InChI is InChI=1S/C13H17NO4/c1-17-11-4-2-3-10(9-11)14-13(12(15)16)5-7-18-8-6-13/h2-4,9,14H,5-8H2,1H3,(H,15,16). The van der Waals surface area contributed by atoms with Gasteiger partial charge in [0.25, 0.3) is 0 Å². The Morgan fingerprint density at radius 2 is 2.17 bits per heavy atom. The fraction of sp³-hybridized carbons (Fsp3) is 0.462.